The van der Waals surface area contributed by atoms with Gasteiger partial charge in [-0.1, -0.05) is 5.16 Å². The van der Waals surface area contributed by atoms with E-state index in [9.17, 15) is 0 Å². The first-order valence-electron chi connectivity index (χ1n) is 5.52. The second kappa shape index (κ2) is 6.63. The van der Waals surface area contributed by atoms with E-state index < -0.39 is 0 Å². The molecule has 1 heterocycles. The Morgan fingerprint density at radius 2 is 2.40 bits per heavy atom. The summed E-state index contributed by atoms with van der Waals surface area (Å²) in [5.74, 6) is 0.324. The van der Waals surface area contributed by atoms with Crippen LogP contribution in [0, 0.1) is 0 Å². The van der Waals surface area contributed by atoms with E-state index in [-0.39, 0.29) is 0 Å². The van der Waals surface area contributed by atoms with Gasteiger partial charge in [-0.05, 0) is 26.3 Å². The number of amidine groups is 1. The van der Waals surface area contributed by atoms with Crippen LogP contribution < -0.4 is 5.73 Å². The van der Waals surface area contributed by atoms with E-state index in [0.29, 0.717) is 18.3 Å². The fourth-order valence-corrected chi connectivity index (χ4v) is 1.76. The largest absolute Gasteiger partial charge is 0.409 e. The summed E-state index contributed by atoms with van der Waals surface area (Å²) >= 11 is 0. The Hall–Kier alpha value is -0.810. The first-order valence-corrected chi connectivity index (χ1v) is 5.52. The lowest BCUT2D eigenvalue weighted by Crippen LogP contribution is -2.43. The van der Waals surface area contributed by atoms with E-state index in [1.165, 1.54) is 0 Å². The van der Waals surface area contributed by atoms with Gasteiger partial charge in [0.1, 0.15) is 5.84 Å². The molecule has 5 heteroatoms. The Bertz CT molecular complexity index is 209. The Morgan fingerprint density at radius 1 is 1.60 bits per heavy atom. The number of oxime groups is 1. The number of hydrogen-bond donors (Lipinski definition) is 2. The van der Waals surface area contributed by atoms with E-state index >= 15 is 0 Å². The maximum atomic E-state index is 8.36. The second-order valence-electron chi connectivity index (χ2n) is 4.01. The van der Waals surface area contributed by atoms with Crippen LogP contribution in [0.3, 0.4) is 0 Å². The molecule has 5 nitrogen and oxygen atoms in total. The number of nitrogens with two attached hydrogens (primary N) is 1. The normalized spacial score (nSPS) is 24.3. The number of unbranched alkanes of at least 4 members (excludes halogenated alkanes) is 1. The molecule has 0 amide bonds. The zero-order valence-electron chi connectivity index (χ0n) is 9.35. The zero-order valence-corrected chi connectivity index (χ0v) is 9.35. The molecule has 0 aromatic heterocycles. The summed E-state index contributed by atoms with van der Waals surface area (Å²) in [5.41, 5.74) is 5.39. The molecule has 1 aliphatic rings. The Balaban J connectivity index is 2.08. The molecule has 0 aromatic carbocycles. The van der Waals surface area contributed by atoms with Crippen molar-refractivity contribution in [1.82, 2.24) is 4.90 Å². The average molecular weight is 215 g/mol. The van der Waals surface area contributed by atoms with Crippen molar-refractivity contribution in [1.29, 1.82) is 0 Å². The second-order valence-corrected chi connectivity index (χ2v) is 4.01. The quantitative estimate of drug-likeness (QED) is 0.232. The standard InChI is InChI=1S/C10H21N3O2/c1-9-8-15-7-6-13(9)5-3-2-4-10(11)12-14/h9,14H,2-8H2,1H3,(H2,11,12). The minimum atomic E-state index is 0.324. The fourth-order valence-electron chi connectivity index (χ4n) is 1.76. The van der Waals surface area contributed by atoms with Crippen LogP contribution in [0.15, 0.2) is 5.16 Å². The molecule has 0 spiro atoms. The number of rotatable bonds is 5. The zero-order chi connectivity index (χ0) is 11.1. The first-order chi connectivity index (χ1) is 7.24. The van der Waals surface area contributed by atoms with Crippen molar-refractivity contribution in [2.24, 2.45) is 10.9 Å². The van der Waals surface area contributed by atoms with Gasteiger partial charge in [0.05, 0.1) is 13.2 Å². The summed E-state index contributed by atoms with van der Waals surface area (Å²) in [4.78, 5) is 2.43. The predicted molar refractivity (Wildman–Crippen MR) is 59.1 cm³/mol. The van der Waals surface area contributed by atoms with Crippen molar-refractivity contribution in [3.05, 3.63) is 0 Å². The highest BCUT2D eigenvalue weighted by Crippen LogP contribution is 2.08. The van der Waals surface area contributed by atoms with Gasteiger partial charge >= 0.3 is 0 Å². The Labute approximate surface area is 90.9 Å². The van der Waals surface area contributed by atoms with E-state index in [2.05, 4.69) is 17.0 Å². The van der Waals surface area contributed by atoms with E-state index in [1.54, 1.807) is 0 Å². The van der Waals surface area contributed by atoms with Crippen molar-refractivity contribution in [3.63, 3.8) is 0 Å². The van der Waals surface area contributed by atoms with Gasteiger partial charge in [-0.3, -0.25) is 4.90 Å². The minimum absolute atomic E-state index is 0.324. The fraction of sp³-hybridized carbons (Fsp3) is 0.900. The predicted octanol–water partition coefficient (Wildman–Crippen LogP) is 0.624. The Morgan fingerprint density at radius 3 is 3.07 bits per heavy atom. The van der Waals surface area contributed by atoms with Crippen LogP contribution in [0.25, 0.3) is 0 Å². The van der Waals surface area contributed by atoms with Crippen LogP contribution in [-0.2, 0) is 4.74 Å². The van der Waals surface area contributed by atoms with E-state index in [4.69, 9.17) is 15.7 Å². The summed E-state index contributed by atoms with van der Waals surface area (Å²) in [5, 5.41) is 11.3. The van der Waals surface area contributed by atoms with Crippen molar-refractivity contribution in [2.45, 2.75) is 32.2 Å². The monoisotopic (exact) mass is 215 g/mol. The SMILES string of the molecule is CC1COCCN1CCCC/C(N)=N/O. The van der Waals surface area contributed by atoms with Crippen LogP contribution in [0.5, 0.6) is 0 Å². The van der Waals surface area contributed by atoms with Crippen LogP contribution >= 0.6 is 0 Å². The lowest BCUT2D eigenvalue weighted by molar-refractivity contribution is -0.000800. The van der Waals surface area contributed by atoms with Gasteiger partial charge in [0, 0.05) is 19.0 Å². The number of hydrogen-bond acceptors (Lipinski definition) is 4. The average Bonchev–Trinajstić information content (AvgIpc) is 2.26. The number of ether oxygens (including phenoxy) is 1. The van der Waals surface area contributed by atoms with Crippen molar-refractivity contribution in [2.75, 3.05) is 26.3 Å². The molecule has 3 N–H and O–H groups in total. The summed E-state index contributed by atoms with van der Waals surface area (Å²) in [6, 6.07) is 0.516. The van der Waals surface area contributed by atoms with Gasteiger partial charge in [-0.2, -0.15) is 0 Å². The molecule has 15 heavy (non-hydrogen) atoms. The van der Waals surface area contributed by atoms with E-state index in [1.807, 2.05) is 0 Å². The van der Waals surface area contributed by atoms with Gasteiger partial charge in [-0.25, -0.2) is 0 Å². The minimum Gasteiger partial charge on any atom is -0.409 e. The third-order valence-corrected chi connectivity index (χ3v) is 2.76. The lowest BCUT2D eigenvalue weighted by Gasteiger charge is -2.33. The smallest absolute Gasteiger partial charge is 0.139 e. The van der Waals surface area contributed by atoms with Crippen molar-refractivity contribution in [3.8, 4) is 0 Å². The maximum absolute atomic E-state index is 8.36. The molecule has 1 unspecified atom stereocenters. The van der Waals surface area contributed by atoms with E-state index in [0.717, 1.165) is 39.1 Å². The summed E-state index contributed by atoms with van der Waals surface area (Å²) in [6.07, 6.45) is 2.73. The molecular weight excluding hydrogens is 194 g/mol. The molecule has 0 saturated carbocycles. The summed E-state index contributed by atoms with van der Waals surface area (Å²) in [7, 11) is 0. The molecule has 0 aromatic rings. The third-order valence-electron chi connectivity index (χ3n) is 2.76. The highest BCUT2D eigenvalue weighted by atomic mass is 16.5. The molecule has 1 aliphatic heterocycles. The molecular formula is C10H21N3O2. The highest BCUT2D eigenvalue weighted by molar-refractivity contribution is 5.79. The summed E-state index contributed by atoms with van der Waals surface area (Å²) < 4.78 is 5.36. The van der Waals surface area contributed by atoms with Crippen LogP contribution in [0.1, 0.15) is 26.2 Å². The molecule has 0 bridgehead atoms. The van der Waals surface area contributed by atoms with Gasteiger partial charge < -0.3 is 15.7 Å². The number of morpholine rings is 1. The number of nitrogens with zero attached hydrogens (tertiary/aromatic N) is 2. The molecule has 1 saturated heterocycles. The van der Waals surface area contributed by atoms with Crippen LogP contribution in [0.4, 0.5) is 0 Å². The maximum Gasteiger partial charge on any atom is 0.139 e. The van der Waals surface area contributed by atoms with Gasteiger partial charge in [-0.15, -0.1) is 0 Å². The van der Waals surface area contributed by atoms with Gasteiger partial charge in [0.2, 0.25) is 0 Å². The Kier molecular flexibility index (Phi) is 5.42. The topological polar surface area (TPSA) is 71.1 Å². The lowest BCUT2D eigenvalue weighted by atomic mass is 10.2. The molecule has 0 radical (unpaired) electrons. The van der Waals surface area contributed by atoms with Crippen molar-refractivity contribution < 1.29 is 9.94 Å². The highest BCUT2D eigenvalue weighted by Gasteiger charge is 2.17. The molecule has 1 fully saturated rings. The summed E-state index contributed by atoms with van der Waals surface area (Å²) in [6.45, 7) is 5.95. The van der Waals surface area contributed by atoms with Crippen molar-refractivity contribution >= 4 is 5.84 Å². The van der Waals surface area contributed by atoms with Crippen LogP contribution in [0.2, 0.25) is 0 Å². The van der Waals surface area contributed by atoms with Gasteiger partial charge in [0.15, 0.2) is 0 Å². The molecule has 88 valence electrons. The third kappa shape index (κ3) is 4.48. The first kappa shape index (κ1) is 12.3. The molecule has 0 aliphatic carbocycles. The molecule has 1 atom stereocenters. The van der Waals surface area contributed by atoms with Crippen LogP contribution in [-0.4, -0.2) is 48.3 Å². The molecule has 1 rings (SSSR count). The van der Waals surface area contributed by atoms with Gasteiger partial charge in [0.25, 0.3) is 0 Å².